The lowest BCUT2D eigenvalue weighted by Gasteiger charge is -2.18. The van der Waals surface area contributed by atoms with E-state index in [0.717, 1.165) is 6.42 Å². The lowest BCUT2D eigenvalue weighted by atomic mass is 10.4. The number of nitrogens with zero attached hydrogens (tertiary/aromatic N) is 3. The van der Waals surface area contributed by atoms with Crippen LogP contribution in [0.5, 0.6) is 0 Å². The van der Waals surface area contributed by atoms with Crippen molar-refractivity contribution in [2.75, 3.05) is 25.4 Å². The predicted molar refractivity (Wildman–Crippen MR) is 60.8 cm³/mol. The summed E-state index contributed by atoms with van der Waals surface area (Å²) in [6.07, 6.45) is 3.86. The number of hydrogen-bond donors (Lipinski definition) is 2. The van der Waals surface area contributed by atoms with Gasteiger partial charge in [-0.3, -0.25) is 14.3 Å². The molecule has 1 aromatic rings. The van der Waals surface area contributed by atoms with Gasteiger partial charge >= 0.3 is 0 Å². The number of hydrogen-bond acceptors (Lipinski definition) is 4. The number of nitrogens with one attached hydrogen (secondary N) is 1. The van der Waals surface area contributed by atoms with Crippen LogP contribution in [0.15, 0.2) is 12.4 Å². The van der Waals surface area contributed by atoms with E-state index in [0.29, 0.717) is 18.8 Å². The van der Waals surface area contributed by atoms with Gasteiger partial charge in [-0.15, -0.1) is 0 Å². The van der Waals surface area contributed by atoms with E-state index in [1.54, 1.807) is 11.1 Å². The molecule has 0 atom stereocenters. The first kappa shape index (κ1) is 11.4. The summed E-state index contributed by atoms with van der Waals surface area (Å²) in [5.41, 5.74) is 6.03. The Bertz CT molecular complexity index is 428. The maximum Gasteiger partial charge on any atom is 0.244 e. The number of rotatable bonds is 2. The van der Waals surface area contributed by atoms with Gasteiger partial charge in [-0.25, -0.2) is 0 Å². The van der Waals surface area contributed by atoms with Gasteiger partial charge < -0.3 is 16.0 Å². The molecule has 17 heavy (non-hydrogen) atoms. The molecule has 1 fully saturated rings. The van der Waals surface area contributed by atoms with E-state index in [1.807, 2.05) is 0 Å². The first-order chi connectivity index (χ1) is 8.15. The molecule has 0 aliphatic carbocycles. The average molecular weight is 237 g/mol. The van der Waals surface area contributed by atoms with Crippen LogP contribution in [-0.2, 0) is 16.1 Å². The Kier molecular flexibility index (Phi) is 3.27. The zero-order chi connectivity index (χ0) is 12.3. The van der Waals surface area contributed by atoms with Gasteiger partial charge in [0.1, 0.15) is 6.54 Å². The Labute approximate surface area is 98.6 Å². The summed E-state index contributed by atoms with van der Waals surface area (Å²) in [4.78, 5) is 24.8. The second kappa shape index (κ2) is 4.86. The summed E-state index contributed by atoms with van der Waals surface area (Å²) in [6, 6.07) is 0. The molecule has 7 heteroatoms. The Morgan fingerprint density at radius 3 is 3.12 bits per heavy atom. The number of nitrogens with two attached hydrogens (primary N) is 1. The second-order valence-electron chi connectivity index (χ2n) is 3.99. The Morgan fingerprint density at radius 1 is 1.59 bits per heavy atom. The quantitative estimate of drug-likeness (QED) is 0.676. The standard InChI is InChI=1S/C10H15N5O2/c11-8-4-13-15(5-8)7-10(17)14-3-1-2-12-9(16)6-14/h4-5H,1-3,6-7,11H2,(H,12,16). The third-order valence-electron chi connectivity index (χ3n) is 2.56. The van der Waals surface area contributed by atoms with Crippen LogP contribution in [0.2, 0.25) is 0 Å². The molecule has 1 aliphatic heterocycles. The maximum atomic E-state index is 11.9. The Hall–Kier alpha value is -2.05. The topological polar surface area (TPSA) is 93.2 Å². The van der Waals surface area contributed by atoms with Crippen molar-refractivity contribution < 1.29 is 9.59 Å². The van der Waals surface area contributed by atoms with Crippen molar-refractivity contribution in [3.63, 3.8) is 0 Å². The molecule has 2 heterocycles. The summed E-state index contributed by atoms with van der Waals surface area (Å²) >= 11 is 0. The fraction of sp³-hybridized carbons (Fsp3) is 0.500. The summed E-state index contributed by atoms with van der Waals surface area (Å²) in [6.45, 7) is 1.45. The van der Waals surface area contributed by atoms with Gasteiger partial charge in [0, 0.05) is 19.3 Å². The van der Waals surface area contributed by atoms with Crippen LogP contribution in [0, 0.1) is 0 Å². The van der Waals surface area contributed by atoms with Crippen LogP contribution in [0.1, 0.15) is 6.42 Å². The van der Waals surface area contributed by atoms with Crippen LogP contribution in [0.4, 0.5) is 5.69 Å². The van der Waals surface area contributed by atoms with Crippen LogP contribution in [0.25, 0.3) is 0 Å². The summed E-state index contributed by atoms with van der Waals surface area (Å²) < 4.78 is 1.47. The fourth-order valence-corrected chi connectivity index (χ4v) is 1.72. The molecule has 0 aromatic carbocycles. The smallest absolute Gasteiger partial charge is 0.244 e. The molecule has 3 N–H and O–H groups in total. The molecule has 0 unspecified atom stereocenters. The largest absolute Gasteiger partial charge is 0.396 e. The molecule has 92 valence electrons. The SMILES string of the molecule is Nc1cnn(CC(=O)N2CCCNC(=O)C2)c1. The van der Waals surface area contributed by atoms with Crippen LogP contribution in [-0.4, -0.2) is 46.1 Å². The minimum absolute atomic E-state index is 0.115. The first-order valence-electron chi connectivity index (χ1n) is 5.47. The van der Waals surface area contributed by atoms with Gasteiger partial charge in [0.15, 0.2) is 0 Å². The molecule has 0 spiro atoms. The van der Waals surface area contributed by atoms with Crippen molar-refractivity contribution in [1.82, 2.24) is 20.0 Å². The molecule has 0 saturated carbocycles. The summed E-state index contributed by atoms with van der Waals surface area (Å²) in [7, 11) is 0. The van der Waals surface area contributed by atoms with Crippen molar-refractivity contribution in [1.29, 1.82) is 0 Å². The average Bonchev–Trinajstić information content (AvgIpc) is 2.56. The first-order valence-corrected chi connectivity index (χ1v) is 5.47. The Morgan fingerprint density at radius 2 is 2.41 bits per heavy atom. The van der Waals surface area contributed by atoms with E-state index < -0.39 is 0 Å². The highest BCUT2D eigenvalue weighted by molar-refractivity contribution is 5.85. The minimum atomic E-state index is -0.120. The van der Waals surface area contributed by atoms with Crippen molar-refractivity contribution >= 4 is 17.5 Å². The van der Waals surface area contributed by atoms with Crippen molar-refractivity contribution in [2.45, 2.75) is 13.0 Å². The molecule has 7 nitrogen and oxygen atoms in total. The van der Waals surface area contributed by atoms with E-state index in [2.05, 4.69) is 10.4 Å². The summed E-state index contributed by atoms with van der Waals surface area (Å²) in [5.74, 6) is -0.235. The van der Waals surface area contributed by atoms with E-state index in [4.69, 9.17) is 5.73 Å². The highest BCUT2D eigenvalue weighted by Crippen LogP contribution is 2.02. The second-order valence-corrected chi connectivity index (χ2v) is 3.99. The third kappa shape index (κ3) is 2.96. The van der Waals surface area contributed by atoms with E-state index in [1.165, 1.54) is 10.9 Å². The van der Waals surface area contributed by atoms with Gasteiger partial charge in [-0.05, 0) is 6.42 Å². The molecule has 2 rings (SSSR count). The van der Waals surface area contributed by atoms with Gasteiger partial charge in [0.05, 0.1) is 18.4 Å². The molecule has 0 radical (unpaired) electrons. The van der Waals surface area contributed by atoms with Crippen LogP contribution >= 0.6 is 0 Å². The number of carbonyl (C=O) groups excluding carboxylic acids is 2. The van der Waals surface area contributed by atoms with Crippen LogP contribution in [0.3, 0.4) is 0 Å². The molecule has 1 aliphatic rings. The third-order valence-corrected chi connectivity index (χ3v) is 2.56. The summed E-state index contributed by atoms with van der Waals surface area (Å²) in [5, 5.41) is 6.66. The fourth-order valence-electron chi connectivity index (χ4n) is 1.72. The van der Waals surface area contributed by atoms with Crippen molar-refractivity contribution in [2.24, 2.45) is 0 Å². The molecule has 0 bridgehead atoms. The van der Waals surface area contributed by atoms with E-state index in [-0.39, 0.29) is 24.9 Å². The normalized spacial score (nSPS) is 16.5. The van der Waals surface area contributed by atoms with Crippen molar-refractivity contribution in [3.8, 4) is 0 Å². The molecule has 1 aromatic heterocycles. The zero-order valence-corrected chi connectivity index (χ0v) is 9.43. The minimum Gasteiger partial charge on any atom is -0.396 e. The highest BCUT2D eigenvalue weighted by atomic mass is 16.2. The number of carbonyl (C=O) groups is 2. The zero-order valence-electron chi connectivity index (χ0n) is 9.43. The number of nitrogen functional groups attached to an aromatic ring is 1. The molecule has 1 saturated heterocycles. The van der Waals surface area contributed by atoms with Gasteiger partial charge in [0.25, 0.3) is 0 Å². The van der Waals surface area contributed by atoms with Gasteiger partial charge in [0.2, 0.25) is 11.8 Å². The number of amides is 2. The van der Waals surface area contributed by atoms with E-state index >= 15 is 0 Å². The highest BCUT2D eigenvalue weighted by Gasteiger charge is 2.19. The lowest BCUT2D eigenvalue weighted by Crippen LogP contribution is -2.39. The molecular formula is C10H15N5O2. The Balaban J connectivity index is 1.96. The van der Waals surface area contributed by atoms with Crippen LogP contribution < -0.4 is 11.1 Å². The number of aromatic nitrogens is 2. The predicted octanol–water partition coefficient (Wildman–Crippen LogP) is -1.19. The van der Waals surface area contributed by atoms with Gasteiger partial charge in [-0.2, -0.15) is 5.10 Å². The van der Waals surface area contributed by atoms with Crippen molar-refractivity contribution in [3.05, 3.63) is 12.4 Å². The molecule has 2 amide bonds. The lowest BCUT2D eigenvalue weighted by molar-refractivity contribution is -0.135. The monoisotopic (exact) mass is 237 g/mol. The van der Waals surface area contributed by atoms with Gasteiger partial charge in [-0.1, -0.05) is 0 Å². The molecular weight excluding hydrogens is 222 g/mol. The maximum absolute atomic E-state index is 11.9. The number of anilines is 1. The van der Waals surface area contributed by atoms with E-state index in [9.17, 15) is 9.59 Å².